The van der Waals surface area contributed by atoms with Gasteiger partial charge in [-0.2, -0.15) is 5.10 Å². The lowest BCUT2D eigenvalue weighted by molar-refractivity contribution is -0.00126. The number of carbonyl (C=O) groups excluding carboxylic acids is 1. The van der Waals surface area contributed by atoms with Crippen LogP contribution in [0.3, 0.4) is 0 Å². The number of hydrogen-bond donors (Lipinski definition) is 2. The molecular formula is C17H27N3O. The van der Waals surface area contributed by atoms with E-state index in [1.54, 1.807) is 0 Å². The van der Waals surface area contributed by atoms with Crippen molar-refractivity contribution in [3.05, 3.63) is 11.6 Å². The number of allylic oxidation sites excluding steroid dienone is 2. The van der Waals surface area contributed by atoms with Crippen molar-refractivity contribution in [3.8, 4) is 0 Å². The summed E-state index contributed by atoms with van der Waals surface area (Å²) in [6.07, 6.45) is 12.5. The summed E-state index contributed by atoms with van der Waals surface area (Å²) in [5, 5.41) is 7.16. The highest BCUT2D eigenvalue weighted by Crippen LogP contribution is 2.58. The first kappa shape index (κ1) is 14.6. The van der Waals surface area contributed by atoms with E-state index in [9.17, 15) is 4.79 Å². The van der Waals surface area contributed by atoms with Crippen LogP contribution in [0.2, 0.25) is 0 Å². The first-order valence-electron chi connectivity index (χ1n) is 8.37. The molecule has 4 aliphatic carbocycles. The van der Waals surface area contributed by atoms with E-state index in [1.165, 1.54) is 31.3 Å². The highest BCUT2D eigenvalue weighted by Gasteiger charge is 2.50. The van der Waals surface area contributed by atoms with Crippen LogP contribution in [0, 0.1) is 17.3 Å². The Kier molecular flexibility index (Phi) is 4.05. The third-order valence-electron chi connectivity index (χ3n) is 5.83. The van der Waals surface area contributed by atoms with Gasteiger partial charge in [0.15, 0.2) is 0 Å². The summed E-state index contributed by atoms with van der Waals surface area (Å²) in [7, 11) is 0. The van der Waals surface area contributed by atoms with Crippen LogP contribution < -0.4 is 10.7 Å². The normalized spacial score (nSPS) is 31.4. The molecule has 2 bridgehead atoms. The number of nitrogens with one attached hydrogen (secondary N) is 2. The lowest BCUT2D eigenvalue weighted by Crippen LogP contribution is -2.48. The monoisotopic (exact) mass is 289 g/mol. The molecule has 0 heterocycles. The van der Waals surface area contributed by atoms with Crippen LogP contribution in [-0.4, -0.2) is 18.3 Å². The molecule has 2 fully saturated rings. The molecule has 0 spiro atoms. The third kappa shape index (κ3) is 2.99. The minimum Gasteiger partial charge on any atom is -0.334 e. The minimum absolute atomic E-state index is 0.166. The van der Waals surface area contributed by atoms with Crippen LogP contribution in [0.4, 0.5) is 4.79 Å². The fraction of sp³-hybridized carbons (Fsp3) is 0.765. The summed E-state index contributed by atoms with van der Waals surface area (Å²) in [6.45, 7) is 4.69. The van der Waals surface area contributed by atoms with Gasteiger partial charge in [0.2, 0.25) is 0 Å². The molecule has 4 nitrogen and oxygen atoms in total. The van der Waals surface area contributed by atoms with E-state index >= 15 is 0 Å². The number of amides is 2. The maximum atomic E-state index is 11.8. The van der Waals surface area contributed by atoms with Crippen molar-refractivity contribution in [2.45, 2.75) is 64.8 Å². The van der Waals surface area contributed by atoms with E-state index in [0.717, 1.165) is 25.2 Å². The fourth-order valence-corrected chi connectivity index (χ4v) is 4.17. The van der Waals surface area contributed by atoms with Crippen molar-refractivity contribution in [3.63, 3.8) is 0 Å². The molecule has 4 rings (SSSR count). The van der Waals surface area contributed by atoms with Crippen LogP contribution in [0.15, 0.2) is 16.8 Å². The predicted octanol–water partition coefficient (Wildman–Crippen LogP) is 3.60. The second kappa shape index (κ2) is 5.82. The molecule has 0 saturated heterocycles. The zero-order valence-corrected chi connectivity index (χ0v) is 13.2. The topological polar surface area (TPSA) is 53.5 Å². The van der Waals surface area contributed by atoms with Gasteiger partial charge in [0.1, 0.15) is 0 Å². The summed E-state index contributed by atoms with van der Waals surface area (Å²) >= 11 is 0. The molecule has 21 heavy (non-hydrogen) atoms. The van der Waals surface area contributed by atoms with Crippen LogP contribution in [0.5, 0.6) is 0 Å². The number of hydrazone groups is 1. The first-order valence-corrected chi connectivity index (χ1v) is 8.37. The summed E-state index contributed by atoms with van der Waals surface area (Å²) < 4.78 is 0. The molecule has 2 atom stereocenters. The smallest absolute Gasteiger partial charge is 0.334 e. The quantitative estimate of drug-likeness (QED) is 0.605. The molecule has 0 aromatic rings. The van der Waals surface area contributed by atoms with Crippen LogP contribution >= 0.6 is 0 Å². The third-order valence-corrected chi connectivity index (χ3v) is 5.83. The number of urea groups is 1. The van der Waals surface area contributed by atoms with Crippen molar-refractivity contribution in [1.29, 1.82) is 0 Å². The zero-order chi connectivity index (χ0) is 14.9. The Hall–Kier alpha value is -1.32. The Bertz CT molecular complexity index is 461. The van der Waals surface area contributed by atoms with E-state index in [4.69, 9.17) is 0 Å². The van der Waals surface area contributed by atoms with Gasteiger partial charge in [-0.1, -0.05) is 39.2 Å². The number of fused-ring (bicyclic) bond motifs is 1. The van der Waals surface area contributed by atoms with Gasteiger partial charge >= 0.3 is 6.03 Å². The highest BCUT2D eigenvalue weighted by atomic mass is 16.2. The SMILES string of the molecule is CC1(C)[C@@H]2CC=C(/C=N\NC(=O)NC3CCCCC3)[C@H]1C2. The Labute approximate surface area is 127 Å². The Morgan fingerprint density at radius 3 is 2.76 bits per heavy atom. The van der Waals surface area contributed by atoms with Crippen molar-refractivity contribution in [1.82, 2.24) is 10.7 Å². The molecule has 4 aliphatic rings. The molecule has 0 aromatic heterocycles. The maximum Gasteiger partial charge on any atom is 0.335 e. The lowest BCUT2D eigenvalue weighted by atomic mass is 9.49. The zero-order valence-electron chi connectivity index (χ0n) is 13.2. The number of rotatable bonds is 3. The fourth-order valence-electron chi connectivity index (χ4n) is 4.17. The average molecular weight is 289 g/mol. The van der Waals surface area contributed by atoms with E-state index in [-0.39, 0.29) is 6.03 Å². The molecule has 4 heteroatoms. The molecule has 0 unspecified atom stereocenters. The molecule has 2 saturated carbocycles. The van der Waals surface area contributed by atoms with Crippen LogP contribution in [0.25, 0.3) is 0 Å². The minimum atomic E-state index is -0.166. The van der Waals surface area contributed by atoms with Crippen molar-refractivity contribution < 1.29 is 4.79 Å². The van der Waals surface area contributed by atoms with E-state index in [2.05, 4.69) is 35.8 Å². The van der Waals surface area contributed by atoms with Gasteiger partial charge in [-0.3, -0.25) is 0 Å². The number of hydrogen-bond acceptors (Lipinski definition) is 2. The van der Waals surface area contributed by atoms with Gasteiger partial charge in [0.25, 0.3) is 0 Å². The molecule has 2 N–H and O–H groups in total. The lowest BCUT2D eigenvalue weighted by Gasteiger charge is -2.55. The van der Waals surface area contributed by atoms with Crippen molar-refractivity contribution >= 4 is 12.2 Å². The van der Waals surface area contributed by atoms with Gasteiger partial charge in [0, 0.05) is 6.04 Å². The molecule has 0 aromatic carbocycles. The van der Waals surface area contributed by atoms with Crippen molar-refractivity contribution in [2.75, 3.05) is 0 Å². The first-order chi connectivity index (χ1) is 10.1. The van der Waals surface area contributed by atoms with Gasteiger partial charge in [0.05, 0.1) is 6.21 Å². The Morgan fingerprint density at radius 1 is 1.33 bits per heavy atom. The Balaban J connectivity index is 1.46. The average Bonchev–Trinajstić information content (AvgIpc) is 2.48. The predicted molar refractivity (Wildman–Crippen MR) is 85.1 cm³/mol. The van der Waals surface area contributed by atoms with E-state index in [0.29, 0.717) is 17.4 Å². The summed E-state index contributed by atoms with van der Waals surface area (Å²) in [5.74, 6) is 1.45. The standard InChI is InChI=1S/C17H27N3O/c1-17(2)13-9-8-12(15(17)10-13)11-18-20-16(21)19-14-6-4-3-5-7-14/h8,11,13-15H,3-7,9-10H2,1-2H3,(H2,19,20,21)/b18-11-/t13-,15-/m1/s1. The van der Waals surface area contributed by atoms with E-state index in [1.807, 2.05) is 6.21 Å². The van der Waals surface area contributed by atoms with Crippen LogP contribution in [-0.2, 0) is 0 Å². The van der Waals surface area contributed by atoms with Gasteiger partial charge in [-0.15, -0.1) is 0 Å². The molecule has 2 amide bonds. The van der Waals surface area contributed by atoms with Gasteiger partial charge in [-0.05, 0) is 48.5 Å². The summed E-state index contributed by atoms with van der Waals surface area (Å²) in [6, 6.07) is 0.162. The number of nitrogens with zero attached hydrogens (tertiary/aromatic N) is 1. The summed E-state index contributed by atoms with van der Waals surface area (Å²) in [4.78, 5) is 11.8. The highest BCUT2D eigenvalue weighted by molar-refractivity contribution is 5.82. The second-order valence-corrected chi connectivity index (χ2v) is 7.42. The largest absolute Gasteiger partial charge is 0.335 e. The van der Waals surface area contributed by atoms with E-state index < -0.39 is 0 Å². The summed E-state index contributed by atoms with van der Waals surface area (Å²) in [5.41, 5.74) is 4.32. The Morgan fingerprint density at radius 2 is 2.10 bits per heavy atom. The molecule has 0 radical (unpaired) electrons. The van der Waals surface area contributed by atoms with Crippen LogP contribution in [0.1, 0.15) is 58.8 Å². The van der Waals surface area contributed by atoms with Crippen molar-refractivity contribution in [2.24, 2.45) is 22.4 Å². The second-order valence-electron chi connectivity index (χ2n) is 7.42. The van der Waals surface area contributed by atoms with Gasteiger partial charge < -0.3 is 5.32 Å². The number of carbonyl (C=O) groups is 1. The molecule has 0 aliphatic heterocycles. The maximum absolute atomic E-state index is 11.8. The molecule has 116 valence electrons. The van der Waals surface area contributed by atoms with Gasteiger partial charge in [-0.25, -0.2) is 10.2 Å². The molecular weight excluding hydrogens is 262 g/mol.